The fourth-order valence-corrected chi connectivity index (χ4v) is 3.48. The van der Waals surface area contributed by atoms with Crippen LogP contribution in [0.15, 0.2) is 18.2 Å². The summed E-state index contributed by atoms with van der Waals surface area (Å²) in [5, 5.41) is 5.75. The zero-order chi connectivity index (χ0) is 25.7. The Kier molecular flexibility index (Phi) is 9.52. The van der Waals surface area contributed by atoms with Gasteiger partial charge in [0.1, 0.15) is 17.7 Å². The van der Waals surface area contributed by atoms with Crippen molar-refractivity contribution >= 4 is 17.9 Å². The van der Waals surface area contributed by atoms with Gasteiger partial charge >= 0.3 is 6.09 Å². The van der Waals surface area contributed by atoms with Gasteiger partial charge in [0.25, 0.3) is 0 Å². The maximum absolute atomic E-state index is 13.7. The lowest BCUT2D eigenvalue weighted by Crippen LogP contribution is -2.55. The van der Waals surface area contributed by atoms with E-state index in [0.717, 1.165) is 16.7 Å². The Morgan fingerprint density at radius 1 is 1.06 bits per heavy atom. The molecule has 0 radical (unpaired) electrons. The number of carbonyl (C=O) groups excluding carboxylic acids is 3. The average molecular weight is 462 g/mol. The summed E-state index contributed by atoms with van der Waals surface area (Å²) >= 11 is 0. The van der Waals surface area contributed by atoms with Crippen LogP contribution < -0.4 is 10.6 Å². The SMILES string of the molecule is CCC(C)C(NC(=O)OC(C)(C)C)C(=O)N(C)C(C(=O)NC(C)(C)C)c1cc(C)ccc1C. The molecule has 0 aromatic heterocycles. The van der Waals surface area contributed by atoms with Crippen molar-refractivity contribution in [3.05, 3.63) is 34.9 Å². The summed E-state index contributed by atoms with van der Waals surface area (Å²) in [6, 6.07) is 4.19. The number of nitrogens with one attached hydrogen (secondary N) is 2. The molecule has 7 heteroatoms. The lowest BCUT2D eigenvalue weighted by Gasteiger charge is -2.35. The van der Waals surface area contributed by atoms with Crippen LogP contribution in [0.5, 0.6) is 0 Å². The molecule has 3 atom stereocenters. The predicted molar refractivity (Wildman–Crippen MR) is 132 cm³/mol. The molecule has 0 saturated heterocycles. The summed E-state index contributed by atoms with van der Waals surface area (Å²) < 4.78 is 5.39. The Bertz CT molecular complexity index is 852. The largest absolute Gasteiger partial charge is 0.444 e. The second-order valence-electron chi connectivity index (χ2n) is 11.0. The first-order valence-corrected chi connectivity index (χ1v) is 11.6. The zero-order valence-electron chi connectivity index (χ0n) is 22.3. The third-order valence-corrected chi connectivity index (χ3v) is 5.36. The first-order valence-electron chi connectivity index (χ1n) is 11.6. The van der Waals surface area contributed by atoms with Crippen LogP contribution in [0.4, 0.5) is 4.79 Å². The summed E-state index contributed by atoms with van der Waals surface area (Å²) in [4.78, 5) is 41.1. The van der Waals surface area contributed by atoms with Crippen molar-refractivity contribution in [3.63, 3.8) is 0 Å². The van der Waals surface area contributed by atoms with Crippen LogP contribution in [0, 0.1) is 19.8 Å². The molecule has 0 bridgehead atoms. The van der Waals surface area contributed by atoms with E-state index in [4.69, 9.17) is 4.74 Å². The molecular weight excluding hydrogens is 418 g/mol. The molecule has 186 valence electrons. The molecule has 1 aromatic rings. The van der Waals surface area contributed by atoms with Crippen molar-refractivity contribution < 1.29 is 19.1 Å². The summed E-state index contributed by atoms with van der Waals surface area (Å²) in [7, 11) is 1.61. The van der Waals surface area contributed by atoms with E-state index in [1.807, 2.05) is 66.7 Å². The molecule has 3 amide bonds. The molecule has 1 rings (SSSR count). The normalized spacial score (nSPS) is 14.6. The molecule has 0 aliphatic rings. The Labute approximate surface area is 199 Å². The Hall–Kier alpha value is -2.57. The van der Waals surface area contributed by atoms with Crippen molar-refractivity contribution in [1.82, 2.24) is 15.5 Å². The Balaban J connectivity index is 3.40. The van der Waals surface area contributed by atoms with Crippen molar-refractivity contribution in [2.75, 3.05) is 7.05 Å². The van der Waals surface area contributed by atoms with Crippen molar-refractivity contribution in [3.8, 4) is 0 Å². The number of benzene rings is 1. The summed E-state index contributed by atoms with van der Waals surface area (Å²) in [6.07, 6.45) is 0.0134. The molecule has 0 aliphatic heterocycles. The average Bonchev–Trinajstić information content (AvgIpc) is 2.65. The molecule has 33 heavy (non-hydrogen) atoms. The highest BCUT2D eigenvalue weighted by molar-refractivity contribution is 5.92. The van der Waals surface area contributed by atoms with E-state index in [2.05, 4.69) is 10.6 Å². The fraction of sp³-hybridized carbons (Fsp3) is 0.654. The van der Waals surface area contributed by atoms with Crippen LogP contribution >= 0.6 is 0 Å². The summed E-state index contributed by atoms with van der Waals surface area (Å²) in [5.74, 6) is -0.769. The molecule has 0 heterocycles. The van der Waals surface area contributed by atoms with Gasteiger partial charge in [-0.25, -0.2) is 4.79 Å². The minimum atomic E-state index is -0.844. The molecule has 1 aromatic carbocycles. The predicted octanol–water partition coefficient (Wildman–Crippen LogP) is 4.66. The molecule has 0 saturated carbocycles. The van der Waals surface area contributed by atoms with Crippen LogP contribution in [-0.2, 0) is 14.3 Å². The van der Waals surface area contributed by atoms with Gasteiger partial charge in [-0.3, -0.25) is 9.59 Å². The van der Waals surface area contributed by atoms with Crippen molar-refractivity contribution in [2.45, 2.75) is 98.9 Å². The van der Waals surface area contributed by atoms with Gasteiger partial charge in [0, 0.05) is 12.6 Å². The Morgan fingerprint density at radius 2 is 1.64 bits per heavy atom. The number of likely N-dealkylation sites (N-methyl/N-ethyl adjacent to an activating group) is 1. The molecule has 3 unspecified atom stereocenters. The maximum Gasteiger partial charge on any atom is 0.408 e. The second-order valence-corrected chi connectivity index (χ2v) is 11.0. The van der Waals surface area contributed by atoms with Gasteiger partial charge in [-0.15, -0.1) is 0 Å². The zero-order valence-corrected chi connectivity index (χ0v) is 22.3. The number of aryl methyl sites for hydroxylation is 2. The number of rotatable bonds is 7. The minimum absolute atomic E-state index is 0.155. The minimum Gasteiger partial charge on any atom is -0.444 e. The van der Waals surface area contributed by atoms with Crippen LogP contribution in [-0.4, -0.2) is 47.0 Å². The third-order valence-electron chi connectivity index (χ3n) is 5.36. The fourth-order valence-electron chi connectivity index (χ4n) is 3.48. The van der Waals surface area contributed by atoms with Gasteiger partial charge in [0.05, 0.1) is 0 Å². The number of amides is 3. The van der Waals surface area contributed by atoms with E-state index in [9.17, 15) is 14.4 Å². The lowest BCUT2D eigenvalue weighted by molar-refractivity contribution is -0.142. The van der Waals surface area contributed by atoms with E-state index < -0.39 is 29.3 Å². The molecule has 0 fully saturated rings. The van der Waals surface area contributed by atoms with E-state index in [1.165, 1.54) is 4.90 Å². The van der Waals surface area contributed by atoms with Gasteiger partial charge in [-0.05, 0) is 72.4 Å². The molecule has 0 spiro atoms. The van der Waals surface area contributed by atoms with Crippen LogP contribution in [0.3, 0.4) is 0 Å². The smallest absolute Gasteiger partial charge is 0.408 e. The van der Waals surface area contributed by atoms with E-state index in [-0.39, 0.29) is 17.7 Å². The van der Waals surface area contributed by atoms with Crippen molar-refractivity contribution in [2.24, 2.45) is 5.92 Å². The standard InChI is InChI=1S/C26H43N3O4/c1-12-17(3)20(27-24(32)33-26(8,9)10)23(31)29(11)21(22(30)28-25(5,6)7)19-15-16(2)13-14-18(19)4/h13-15,17,20-21H,12H2,1-11H3,(H,27,32)(H,28,30). The highest BCUT2D eigenvalue weighted by Crippen LogP contribution is 2.27. The molecule has 2 N–H and O–H groups in total. The highest BCUT2D eigenvalue weighted by atomic mass is 16.6. The van der Waals surface area contributed by atoms with E-state index in [1.54, 1.807) is 27.8 Å². The first-order chi connectivity index (χ1) is 15.0. The number of carbonyl (C=O) groups is 3. The first kappa shape index (κ1) is 28.5. The third kappa shape index (κ3) is 8.71. The number of hydrogen-bond donors (Lipinski definition) is 2. The topological polar surface area (TPSA) is 87.7 Å². The lowest BCUT2D eigenvalue weighted by atomic mass is 9.93. The molecule has 0 aliphatic carbocycles. The van der Waals surface area contributed by atoms with E-state index >= 15 is 0 Å². The van der Waals surface area contributed by atoms with Gasteiger partial charge < -0.3 is 20.3 Å². The van der Waals surface area contributed by atoms with Gasteiger partial charge in [-0.2, -0.15) is 0 Å². The summed E-state index contributed by atoms with van der Waals surface area (Å²) in [5.41, 5.74) is 1.51. The van der Waals surface area contributed by atoms with Gasteiger partial charge in [0.15, 0.2) is 0 Å². The van der Waals surface area contributed by atoms with Crippen LogP contribution in [0.25, 0.3) is 0 Å². The molecule has 7 nitrogen and oxygen atoms in total. The van der Waals surface area contributed by atoms with Gasteiger partial charge in [-0.1, -0.05) is 44.0 Å². The number of hydrogen-bond acceptors (Lipinski definition) is 4. The number of alkyl carbamates (subject to hydrolysis) is 1. The maximum atomic E-state index is 13.7. The van der Waals surface area contributed by atoms with Crippen LogP contribution in [0.1, 0.15) is 84.5 Å². The van der Waals surface area contributed by atoms with E-state index in [0.29, 0.717) is 6.42 Å². The molecular formula is C26H43N3O4. The number of nitrogens with zero attached hydrogens (tertiary/aromatic N) is 1. The number of ether oxygens (including phenoxy) is 1. The van der Waals surface area contributed by atoms with Crippen molar-refractivity contribution in [1.29, 1.82) is 0 Å². The second kappa shape index (κ2) is 11.0. The quantitative estimate of drug-likeness (QED) is 0.618. The monoisotopic (exact) mass is 461 g/mol. The Morgan fingerprint density at radius 3 is 2.12 bits per heavy atom. The van der Waals surface area contributed by atoms with Gasteiger partial charge in [0.2, 0.25) is 11.8 Å². The van der Waals surface area contributed by atoms with Crippen LogP contribution in [0.2, 0.25) is 0 Å². The summed E-state index contributed by atoms with van der Waals surface area (Å²) in [6.45, 7) is 18.7. The highest BCUT2D eigenvalue weighted by Gasteiger charge is 2.37.